The predicted octanol–water partition coefficient (Wildman–Crippen LogP) is 2.04. The third-order valence-corrected chi connectivity index (χ3v) is 5.37. The number of rotatable bonds is 4. The Balaban J connectivity index is 1.57. The lowest BCUT2D eigenvalue weighted by Crippen LogP contribution is -2.55. The molecule has 0 radical (unpaired) electrons. The molecule has 8 heteroatoms. The summed E-state index contributed by atoms with van der Waals surface area (Å²) in [7, 11) is 2.08. The van der Waals surface area contributed by atoms with Gasteiger partial charge in [0.25, 0.3) is 0 Å². The van der Waals surface area contributed by atoms with Crippen LogP contribution in [0.4, 0.5) is 11.5 Å². The zero-order valence-corrected chi connectivity index (χ0v) is 16.9. The molecule has 1 saturated heterocycles. The molecule has 1 aromatic heterocycles. The van der Waals surface area contributed by atoms with E-state index in [1.54, 1.807) is 6.20 Å². The second-order valence-electron chi connectivity index (χ2n) is 7.45. The first-order valence-corrected chi connectivity index (χ1v) is 9.99. The number of carbonyl (C=O) groups is 1. The summed E-state index contributed by atoms with van der Waals surface area (Å²) in [5.41, 5.74) is 1.58. The molecule has 30 heavy (non-hydrogen) atoms. The van der Waals surface area contributed by atoms with E-state index in [1.165, 1.54) is 0 Å². The first kappa shape index (κ1) is 19.9. The Morgan fingerprint density at radius 1 is 1.23 bits per heavy atom. The number of ether oxygens (including phenoxy) is 1. The van der Waals surface area contributed by atoms with Crippen LogP contribution in [-0.2, 0) is 16.1 Å². The average molecular weight is 404 g/mol. The van der Waals surface area contributed by atoms with Crippen molar-refractivity contribution < 1.29 is 9.53 Å². The minimum absolute atomic E-state index is 0.125. The molecule has 3 heterocycles. The van der Waals surface area contributed by atoms with Crippen molar-refractivity contribution in [2.24, 2.45) is 10.9 Å². The molecule has 8 nitrogen and oxygen atoms in total. The molecule has 2 aliphatic rings. The number of aliphatic imine (C=N–C) groups is 1. The number of fused-ring (bicyclic) bond motifs is 1. The number of pyridine rings is 1. The number of likely N-dealkylation sites (N-methyl/N-ethyl adjacent to an activating group) is 1. The van der Waals surface area contributed by atoms with E-state index in [0.717, 1.165) is 31.7 Å². The molecule has 154 valence electrons. The van der Waals surface area contributed by atoms with Crippen LogP contribution in [0.3, 0.4) is 0 Å². The van der Waals surface area contributed by atoms with Crippen molar-refractivity contribution in [1.29, 1.82) is 5.26 Å². The fourth-order valence-electron chi connectivity index (χ4n) is 3.62. The number of esters is 1. The molecule has 2 aromatic rings. The van der Waals surface area contributed by atoms with Gasteiger partial charge in [-0.05, 0) is 24.7 Å². The Labute approximate surface area is 175 Å². The maximum atomic E-state index is 12.9. The highest BCUT2D eigenvalue weighted by Gasteiger charge is 2.39. The van der Waals surface area contributed by atoms with Gasteiger partial charge in [0.2, 0.25) is 0 Å². The molecule has 2 atom stereocenters. The van der Waals surface area contributed by atoms with E-state index in [2.05, 4.69) is 33.2 Å². The number of hydrogen-bond donors (Lipinski definition) is 1. The lowest BCUT2D eigenvalue weighted by atomic mass is 9.97. The van der Waals surface area contributed by atoms with Gasteiger partial charge in [-0.2, -0.15) is 5.26 Å². The predicted molar refractivity (Wildman–Crippen MR) is 113 cm³/mol. The van der Waals surface area contributed by atoms with E-state index in [1.807, 2.05) is 42.5 Å². The molecular weight excluding hydrogens is 380 g/mol. The SMILES string of the molecule is CN1CCN(C2=Nc3cccnc3NC2C(C#N)C(=O)OCc2ccccc2)CC1. The van der Waals surface area contributed by atoms with Crippen molar-refractivity contribution in [2.45, 2.75) is 12.6 Å². The minimum Gasteiger partial charge on any atom is -0.460 e. The number of amidine groups is 1. The highest BCUT2D eigenvalue weighted by molar-refractivity contribution is 6.00. The third kappa shape index (κ3) is 4.26. The summed E-state index contributed by atoms with van der Waals surface area (Å²) in [5, 5.41) is 13.1. The molecule has 2 aliphatic heterocycles. The van der Waals surface area contributed by atoms with Gasteiger partial charge < -0.3 is 19.9 Å². The van der Waals surface area contributed by atoms with Gasteiger partial charge in [-0.3, -0.25) is 4.79 Å². The summed E-state index contributed by atoms with van der Waals surface area (Å²) in [6.45, 7) is 3.46. The molecule has 0 aliphatic carbocycles. The molecular formula is C22H24N6O2. The second kappa shape index (κ2) is 8.93. The molecule has 1 fully saturated rings. The van der Waals surface area contributed by atoms with Crippen molar-refractivity contribution in [3.05, 3.63) is 54.2 Å². The number of nitrogens with zero attached hydrogens (tertiary/aromatic N) is 5. The van der Waals surface area contributed by atoms with Gasteiger partial charge in [-0.1, -0.05) is 30.3 Å². The number of nitrogens with one attached hydrogen (secondary N) is 1. The van der Waals surface area contributed by atoms with Gasteiger partial charge >= 0.3 is 5.97 Å². The maximum Gasteiger partial charge on any atom is 0.326 e. The van der Waals surface area contributed by atoms with E-state index in [9.17, 15) is 10.1 Å². The summed E-state index contributed by atoms with van der Waals surface area (Å²) >= 11 is 0. The number of hydrogen-bond acceptors (Lipinski definition) is 8. The van der Waals surface area contributed by atoms with Crippen LogP contribution in [0.2, 0.25) is 0 Å². The number of piperazine rings is 1. The van der Waals surface area contributed by atoms with Crippen LogP contribution in [0.15, 0.2) is 53.7 Å². The molecule has 1 aromatic carbocycles. The zero-order chi connectivity index (χ0) is 20.9. The van der Waals surface area contributed by atoms with Gasteiger partial charge in [0.05, 0.1) is 6.07 Å². The highest BCUT2D eigenvalue weighted by atomic mass is 16.5. The fourth-order valence-corrected chi connectivity index (χ4v) is 3.62. The molecule has 0 amide bonds. The van der Waals surface area contributed by atoms with E-state index in [4.69, 9.17) is 9.73 Å². The average Bonchev–Trinajstić information content (AvgIpc) is 2.79. The van der Waals surface area contributed by atoms with Crippen LogP contribution in [0.1, 0.15) is 5.56 Å². The lowest BCUT2D eigenvalue weighted by Gasteiger charge is -2.39. The van der Waals surface area contributed by atoms with Crippen molar-refractivity contribution >= 4 is 23.3 Å². The third-order valence-electron chi connectivity index (χ3n) is 5.37. The van der Waals surface area contributed by atoms with E-state index < -0.39 is 17.9 Å². The fraction of sp³-hybridized carbons (Fsp3) is 0.364. The lowest BCUT2D eigenvalue weighted by molar-refractivity contribution is -0.147. The molecule has 1 N–H and O–H groups in total. The van der Waals surface area contributed by atoms with Gasteiger partial charge in [0, 0.05) is 32.4 Å². The Morgan fingerprint density at radius 2 is 2.00 bits per heavy atom. The molecule has 2 unspecified atom stereocenters. The molecule has 0 saturated carbocycles. The number of nitriles is 1. The molecule has 4 rings (SSSR count). The summed E-state index contributed by atoms with van der Waals surface area (Å²) < 4.78 is 5.47. The summed E-state index contributed by atoms with van der Waals surface area (Å²) in [5.74, 6) is -0.356. The van der Waals surface area contributed by atoms with E-state index >= 15 is 0 Å². The van der Waals surface area contributed by atoms with Gasteiger partial charge in [0.15, 0.2) is 11.7 Å². The van der Waals surface area contributed by atoms with Crippen LogP contribution in [-0.4, -0.2) is 65.9 Å². The molecule has 0 bridgehead atoms. The van der Waals surface area contributed by atoms with Crippen molar-refractivity contribution in [1.82, 2.24) is 14.8 Å². The van der Waals surface area contributed by atoms with Crippen LogP contribution >= 0.6 is 0 Å². The van der Waals surface area contributed by atoms with Crippen molar-refractivity contribution in [3.63, 3.8) is 0 Å². The van der Waals surface area contributed by atoms with Crippen LogP contribution in [0.25, 0.3) is 0 Å². The molecule has 0 spiro atoms. The largest absolute Gasteiger partial charge is 0.460 e. The standard InChI is InChI=1S/C22H24N6O2/c1-27-10-12-28(13-11-27)21-19(26-20-18(25-21)8-5-9-24-20)17(14-23)22(29)30-15-16-6-3-2-4-7-16/h2-9,17,19H,10-13,15H2,1H3,(H,24,26). The topological polar surface area (TPSA) is 93.9 Å². The Hall–Kier alpha value is -3.44. The zero-order valence-electron chi connectivity index (χ0n) is 16.9. The van der Waals surface area contributed by atoms with E-state index in [0.29, 0.717) is 17.3 Å². The van der Waals surface area contributed by atoms with Gasteiger partial charge in [-0.15, -0.1) is 0 Å². The second-order valence-corrected chi connectivity index (χ2v) is 7.45. The monoisotopic (exact) mass is 404 g/mol. The van der Waals surface area contributed by atoms with Crippen LogP contribution in [0.5, 0.6) is 0 Å². The highest BCUT2D eigenvalue weighted by Crippen LogP contribution is 2.31. The van der Waals surface area contributed by atoms with Crippen LogP contribution in [0, 0.1) is 17.2 Å². The van der Waals surface area contributed by atoms with Crippen molar-refractivity contribution in [3.8, 4) is 6.07 Å². The summed E-state index contributed by atoms with van der Waals surface area (Å²) in [6, 6.07) is 14.6. The van der Waals surface area contributed by atoms with Crippen LogP contribution < -0.4 is 5.32 Å². The van der Waals surface area contributed by atoms with Gasteiger partial charge in [-0.25, -0.2) is 9.98 Å². The first-order chi connectivity index (χ1) is 14.7. The number of aromatic nitrogens is 1. The number of anilines is 1. The normalized spacial score (nSPS) is 19.7. The van der Waals surface area contributed by atoms with Crippen molar-refractivity contribution in [2.75, 3.05) is 38.5 Å². The maximum absolute atomic E-state index is 12.9. The Kier molecular flexibility index (Phi) is 5.91. The Morgan fingerprint density at radius 3 is 2.73 bits per heavy atom. The van der Waals surface area contributed by atoms with Gasteiger partial charge in [0.1, 0.15) is 24.2 Å². The quantitative estimate of drug-likeness (QED) is 0.780. The van der Waals surface area contributed by atoms with E-state index in [-0.39, 0.29) is 6.61 Å². The number of benzene rings is 1. The number of carbonyl (C=O) groups excluding carboxylic acids is 1. The smallest absolute Gasteiger partial charge is 0.326 e. The minimum atomic E-state index is -1.04. The summed E-state index contributed by atoms with van der Waals surface area (Å²) in [6.07, 6.45) is 1.66. The Bertz CT molecular complexity index is 963. The first-order valence-electron chi connectivity index (χ1n) is 9.99. The summed E-state index contributed by atoms with van der Waals surface area (Å²) in [4.78, 5) is 26.3.